The lowest BCUT2D eigenvalue weighted by Gasteiger charge is -2.20. The van der Waals surface area contributed by atoms with Crippen molar-refractivity contribution >= 4 is 34.4 Å². The van der Waals surface area contributed by atoms with E-state index >= 15 is 0 Å². The van der Waals surface area contributed by atoms with Gasteiger partial charge in [0.05, 0.1) is 17.4 Å². The molecule has 0 saturated heterocycles. The van der Waals surface area contributed by atoms with E-state index in [4.69, 9.17) is 0 Å². The molecule has 0 bridgehead atoms. The van der Waals surface area contributed by atoms with Crippen LogP contribution >= 0.6 is 11.7 Å². The predicted octanol–water partition coefficient (Wildman–Crippen LogP) is 3.60. The topological polar surface area (TPSA) is 54.9 Å². The zero-order chi connectivity index (χ0) is 13.1. The van der Waals surface area contributed by atoms with Crippen LogP contribution in [-0.2, 0) is 4.79 Å². The molecule has 0 spiro atoms. The molecule has 19 heavy (non-hydrogen) atoms. The molecule has 3 rings (SSSR count). The summed E-state index contributed by atoms with van der Waals surface area (Å²) < 4.78 is 8.42. The zero-order valence-corrected chi connectivity index (χ0v) is 11.6. The van der Waals surface area contributed by atoms with Crippen LogP contribution in [0.1, 0.15) is 38.5 Å². The minimum absolute atomic E-state index is 0.104. The van der Waals surface area contributed by atoms with Crippen LogP contribution in [0.5, 0.6) is 0 Å². The van der Waals surface area contributed by atoms with Gasteiger partial charge in [0.25, 0.3) is 0 Å². The van der Waals surface area contributed by atoms with E-state index < -0.39 is 0 Å². The van der Waals surface area contributed by atoms with E-state index in [0.717, 1.165) is 16.7 Å². The fourth-order valence-corrected chi connectivity index (χ4v) is 3.31. The van der Waals surface area contributed by atoms with Crippen molar-refractivity contribution in [3.63, 3.8) is 0 Å². The van der Waals surface area contributed by atoms with Gasteiger partial charge in [0.1, 0.15) is 11.0 Å². The number of amides is 1. The summed E-state index contributed by atoms with van der Waals surface area (Å²) in [5, 5.41) is 2.98. The third-order valence-corrected chi connectivity index (χ3v) is 4.30. The Balaban J connectivity index is 1.67. The van der Waals surface area contributed by atoms with Crippen molar-refractivity contribution in [1.82, 2.24) is 8.75 Å². The number of benzene rings is 1. The first-order valence-corrected chi connectivity index (χ1v) is 7.57. The second-order valence-electron chi connectivity index (χ2n) is 5.19. The van der Waals surface area contributed by atoms with E-state index in [1.165, 1.54) is 43.8 Å². The van der Waals surface area contributed by atoms with E-state index in [1.807, 2.05) is 18.2 Å². The minimum atomic E-state index is 0.104. The lowest BCUT2D eigenvalue weighted by molar-refractivity contribution is -0.117. The summed E-state index contributed by atoms with van der Waals surface area (Å²) in [6.45, 7) is 0. The lowest BCUT2D eigenvalue weighted by Crippen LogP contribution is -2.18. The summed E-state index contributed by atoms with van der Waals surface area (Å²) in [6.07, 6.45) is 6.87. The smallest absolute Gasteiger partial charge is 0.224 e. The highest BCUT2D eigenvalue weighted by atomic mass is 32.1. The summed E-state index contributed by atoms with van der Waals surface area (Å²) in [7, 11) is 0. The third-order valence-electron chi connectivity index (χ3n) is 3.76. The van der Waals surface area contributed by atoms with Crippen LogP contribution in [-0.4, -0.2) is 14.7 Å². The fourth-order valence-electron chi connectivity index (χ4n) is 2.76. The van der Waals surface area contributed by atoms with Crippen molar-refractivity contribution in [2.24, 2.45) is 5.92 Å². The Bertz CT molecular complexity index is 575. The van der Waals surface area contributed by atoms with Gasteiger partial charge >= 0.3 is 0 Å². The number of carbonyl (C=O) groups excluding carboxylic acids is 1. The van der Waals surface area contributed by atoms with Gasteiger partial charge in [0.15, 0.2) is 0 Å². The fraction of sp³-hybridized carbons (Fsp3) is 0.500. The number of rotatable bonds is 3. The maximum Gasteiger partial charge on any atom is 0.224 e. The number of aromatic nitrogens is 2. The van der Waals surface area contributed by atoms with Crippen LogP contribution in [0, 0.1) is 5.92 Å². The number of nitrogens with zero attached hydrogens (tertiary/aromatic N) is 2. The highest BCUT2D eigenvalue weighted by Crippen LogP contribution is 2.27. The molecule has 1 aromatic carbocycles. The van der Waals surface area contributed by atoms with Gasteiger partial charge in [-0.25, -0.2) is 0 Å². The Kier molecular flexibility index (Phi) is 3.73. The molecule has 5 heteroatoms. The molecule has 4 nitrogen and oxygen atoms in total. The van der Waals surface area contributed by atoms with Crippen LogP contribution in [0.25, 0.3) is 11.0 Å². The van der Waals surface area contributed by atoms with E-state index in [1.54, 1.807) is 0 Å². The molecular weight excluding hydrogens is 258 g/mol. The Morgan fingerprint density at radius 2 is 2.11 bits per heavy atom. The number of anilines is 1. The molecule has 1 fully saturated rings. The number of fused-ring (bicyclic) bond motifs is 1. The van der Waals surface area contributed by atoms with Crippen molar-refractivity contribution in [3.05, 3.63) is 18.2 Å². The average Bonchev–Trinajstić information content (AvgIpc) is 2.89. The molecule has 1 heterocycles. The lowest BCUT2D eigenvalue weighted by atomic mass is 9.87. The predicted molar refractivity (Wildman–Crippen MR) is 77.2 cm³/mol. The normalized spacial score (nSPS) is 16.6. The van der Waals surface area contributed by atoms with E-state index in [0.29, 0.717) is 12.3 Å². The van der Waals surface area contributed by atoms with Crippen LogP contribution < -0.4 is 5.32 Å². The third kappa shape index (κ3) is 2.92. The van der Waals surface area contributed by atoms with Gasteiger partial charge in [-0.05, 0) is 30.9 Å². The van der Waals surface area contributed by atoms with Crippen molar-refractivity contribution in [1.29, 1.82) is 0 Å². The average molecular weight is 275 g/mol. The number of hydrogen-bond donors (Lipinski definition) is 1. The molecule has 100 valence electrons. The quantitative estimate of drug-likeness (QED) is 0.931. The number of carbonyl (C=O) groups is 1. The van der Waals surface area contributed by atoms with Crippen molar-refractivity contribution in [3.8, 4) is 0 Å². The first-order chi connectivity index (χ1) is 9.33. The second kappa shape index (κ2) is 5.65. The monoisotopic (exact) mass is 275 g/mol. The molecule has 1 aromatic heterocycles. The highest BCUT2D eigenvalue weighted by molar-refractivity contribution is 7.00. The van der Waals surface area contributed by atoms with Crippen LogP contribution in [0.4, 0.5) is 5.69 Å². The molecule has 1 amide bonds. The standard InChI is InChI=1S/C14H17N3OS/c18-13(9-10-5-2-1-3-6-10)15-11-7-4-8-12-14(11)17-19-16-12/h4,7-8,10H,1-3,5-6,9H2,(H,15,18). The first-order valence-electron chi connectivity index (χ1n) is 6.84. The van der Waals surface area contributed by atoms with Gasteiger partial charge in [-0.15, -0.1) is 0 Å². The molecule has 1 saturated carbocycles. The minimum Gasteiger partial charge on any atom is -0.324 e. The maximum atomic E-state index is 12.1. The summed E-state index contributed by atoms with van der Waals surface area (Å²) in [4.78, 5) is 12.1. The van der Waals surface area contributed by atoms with Gasteiger partial charge in [-0.2, -0.15) is 8.75 Å². The Labute approximate surface area is 116 Å². The Hall–Kier alpha value is -1.49. The molecule has 0 atom stereocenters. The molecule has 1 aliphatic carbocycles. The summed E-state index contributed by atoms with van der Waals surface area (Å²) in [5.41, 5.74) is 2.43. The zero-order valence-electron chi connectivity index (χ0n) is 10.8. The van der Waals surface area contributed by atoms with Gasteiger partial charge in [-0.3, -0.25) is 4.79 Å². The van der Waals surface area contributed by atoms with Crippen LogP contribution in [0.3, 0.4) is 0 Å². The molecule has 1 aliphatic rings. The molecular formula is C14H17N3OS. The van der Waals surface area contributed by atoms with Crippen molar-refractivity contribution in [2.75, 3.05) is 5.32 Å². The van der Waals surface area contributed by atoms with Crippen LogP contribution in [0.15, 0.2) is 18.2 Å². The van der Waals surface area contributed by atoms with Gasteiger partial charge in [-0.1, -0.05) is 25.3 Å². The van der Waals surface area contributed by atoms with E-state index in [9.17, 15) is 4.79 Å². The van der Waals surface area contributed by atoms with Crippen molar-refractivity contribution in [2.45, 2.75) is 38.5 Å². The molecule has 1 N–H and O–H groups in total. The molecule has 0 aliphatic heterocycles. The summed E-state index contributed by atoms with van der Waals surface area (Å²) in [6, 6.07) is 5.71. The highest BCUT2D eigenvalue weighted by Gasteiger charge is 2.17. The molecule has 0 radical (unpaired) electrons. The van der Waals surface area contributed by atoms with Crippen LogP contribution in [0.2, 0.25) is 0 Å². The van der Waals surface area contributed by atoms with Gasteiger partial charge < -0.3 is 5.32 Å². The van der Waals surface area contributed by atoms with E-state index in [2.05, 4.69) is 14.1 Å². The van der Waals surface area contributed by atoms with Crippen molar-refractivity contribution < 1.29 is 4.79 Å². The van der Waals surface area contributed by atoms with Gasteiger partial charge in [0, 0.05) is 6.42 Å². The Morgan fingerprint density at radius 3 is 2.95 bits per heavy atom. The first kappa shape index (κ1) is 12.5. The molecule has 0 unspecified atom stereocenters. The SMILES string of the molecule is O=C(CC1CCCCC1)Nc1cccc2nsnc12. The second-order valence-corrected chi connectivity index (χ2v) is 5.72. The number of nitrogens with one attached hydrogen (secondary N) is 1. The van der Waals surface area contributed by atoms with E-state index in [-0.39, 0.29) is 5.91 Å². The summed E-state index contributed by atoms with van der Waals surface area (Å²) >= 11 is 1.18. The largest absolute Gasteiger partial charge is 0.324 e. The number of hydrogen-bond acceptors (Lipinski definition) is 4. The Morgan fingerprint density at radius 1 is 1.26 bits per heavy atom. The molecule has 2 aromatic rings. The summed E-state index contributed by atoms with van der Waals surface area (Å²) in [5.74, 6) is 0.661. The maximum absolute atomic E-state index is 12.1. The van der Waals surface area contributed by atoms with Gasteiger partial charge in [0.2, 0.25) is 5.91 Å².